The normalized spacial score (nSPS) is 21.2. The Bertz CT molecular complexity index is 2020. The third-order valence-corrected chi connectivity index (χ3v) is 8.38. The molecule has 3 aromatic heterocycles. The van der Waals surface area contributed by atoms with Gasteiger partial charge in [0.2, 0.25) is 5.95 Å². The van der Waals surface area contributed by atoms with Crippen molar-refractivity contribution < 1.29 is 8.91 Å². The van der Waals surface area contributed by atoms with E-state index < -0.39 is 5.95 Å². The molecular weight excluding hydrogens is 556 g/mol. The predicted octanol–water partition coefficient (Wildman–Crippen LogP) is 6.09. The zero-order valence-electron chi connectivity index (χ0n) is 20.8. The van der Waals surface area contributed by atoms with Crippen LogP contribution in [0.1, 0.15) is 41.9 Å². The van der Waals surface area contributed by atoms with Crippen LogP contribution < -0.4 is 5.56 Å². The topological polar surface area (TPSA) is 104 Å². The number of rotatable bonds is 4. The fraction of sp³-hybridized carbons (Fsp3) is 0.214. The van der Waals surface area contributed by atoms with E-state index in [0.29, 0.717) is 56.6 Å². The molecule has 1 saturated carbocycles. The molecule has 0 radical (unpaired) electrons. The van der Waals surface area contributed by atoms with Crippen LogP contribution in [0.4, 0.5) is 4.39 Å². The highest BCUT2D eigenvalue weighted by Gasteiger charge is 2.56. The number of nitrogens with zero attached hydrogens (tertiary/aromatic N) is 7. The van der Waals surface area contributed by atoms with Gasteiger partial charge in [0.15, 0.2) is 10.7 Å². The lowest BCUT2D eigenvalue weighted by molar-refractivity contribution is 0.450. The Kier molecular flexibility index (Phi) is 4.99. The van der Waals surface area contributed by atoms with Crippen molar-refractivity contribution in [2.45, 2.75) is 31.7 Å². The van der Waals surface area contributed by atoms with E-state index in [1.807, 2.05) is 19.1 Å². The first-order valence-corrected chi connectivity index (χ1v) is 13.5. The van der Waals surface area contributed by atoms with Gasteiger partial charge in [-0.05, 0) is 55.2 Å². The SMILES string of the molecule is Cc1noc2cc(C3=C(F)N=C(C4C5CC5c5nc(-c6cc(Cl)ccc6-n6cc(Cl)nn6)cc(=O)n54)C3)ccc12. The minimum absolute atomic E-state index is 0.101. The Labute approximate surface area is 235 Å². The fourth-order valence-electron chi connectivity index (χ4n) is 6.04. The molecule has 0 saturated heterocycles. The van der Waals surface area contributed by atoms with Crippen molar-refractivity contribution in [3.8, 4) is 16.9 Å². The van der Waals surface area contributed by atoms with Crippen molar-refractivity contribution in [1.29, 1.82) is 0 Å². The molecule has 5 heterocycles. The number of allylic oxidation sites excluding steroid dienone is 1. The third-order valence-electron chi connectivity index (χ3n) is 7.97. The summed E-state index contributed by atoms with van der Waals surface area (Å²) in [5.74, 6) is 0.386. The van der Waals surface area contributed by atoms with Crippen LogP contribution in [-0.2, 0) is 0 Å². The number of fused-ring (bicyclic) bond motifs is 4. The van der Waals surface area contributed by atoms with Gasteiger partial charge in [0, 0.05) is 45.7 Å². The zero-order chi connectivity index (χ0) is 27.3. The first kappa shape index (κ1) is 23.7. The van der Waals surface area contributed by atoms with Crippen molar-refractivity contribution in [2.24, 2.45) is 10.9 Å². The van der Waals surface area contributed by atoms with E-state index >= 15 is 4.39 Å². The maximum atomic E-state index is 15.2. The highest BCUT2D eigenvalue weighted by molar-refractivity contribution is 6.31. The van der Waals surface area contributed by atoms with Crippen LogP contribution in [0.25, 0.3) is 33.5 Å². The van der Waals surface area contributed by atoms with E-state index in [1.165, 1.54) is 10.7 Å². The summed E-state index contributed by atoms with van der Waals surface area (Å²) in [6, 6.07) is 11.9. The van der Waals surface area contributed by atoms with Crippen molar-refractivity contribution >= 4 is 45.5 Å². The Morgan fingerprint density at radius 2 is 2.00 bits per heavy atom. The number of aryl methyl sites for hydroxylation is 1. The number of aliphatic imine (C=N–C) groups is 1. The summed E-state index contributed by atoms with van der Waals surface area (Å²) >= 11 is 12.3. The van der Waals surface area contributed by atoms with Crippen molar-refractivity contribution in [1.82, 2.24) is 29.7 Å². The van der Waals surface area contributed by atoms with Crippen LogP contribution >= 0.6 is 23.2 Å². The number of hydrogen-bond donors (Lipinski definition) is 0. The molecule has 198 valence electrons. The molecule has 9 nitrogen and oxygen atoms in total. The molecule has 40 heavy (non-hydrogen) atoms. The minimum atomic E-state index is -0.538. The van der Waals surface area contributed by atoms with Crippen LogP contribution in [0.3, 0.4) is 0 Å². The van der Waals surface area contributed by atoms with Gasteiger partial charge in [-0.2, -0.15) is 4.39 Å². The lowest BCUT2D eigenvalue weighted by Gasteiger charge is -2.19. The molecule has 0 spiro atoms. The molecule has 3 atom stereocenters. The number of halogens is 3. The van der Waals surface area contributed by atoms with E-state index in [-0.39, 0.29) is 28.6 Å². The smallest absolute Gasteiger partial charge is 0.254 e. The monoisotopic (exact) mass is 573 g/mol. The molecule has 5 aromatic rings. The summed E-state index contributed by atoms with van der Waals surface area (Å²) in [4.78, 5) is 22.9. The van der Waals surface area contributed by atoms with Gasteiger partial charge in [0.25, 0.3) is 5.56 Å². The van der Waals surface area contributed by atoms with E-state index in [0.717, 1.165) is 17.5 Å². The summed E-state index contributed by atoms with van der Waals surface area (Å²) in [5.41, 5.74) is 4.68. The van der Waals surface area contributed by atoms with Gasteiger partial charge in [0.05, 0.1) is 29.3 Å². The maximum absolute atomic E-state index is 15.2. The van der Waals surface area contributed by atoms with Crippen molar-refractivity contribution in [3.05, 3.63) is 92.2 Å². The molecule has 0 N–H and O–H groups in total. The highest BCUT2D eigenvalue weighted by Crippen LogP contribution is 2.60. The van der Waals surface area contributed by atoms with E-state index in [1.54, 1.807) is 35.0 Å². The quantitative estimate of drug-likeness (QED) is 0.241. The van der Waals surface area contributed by atoms with Gasteiger partial charge >= 0.3 is 0 Å². The zero-order valence-corrected chi connectivity index (χ0v) is 22.4. The molecule has 8 rings (SSSR count). The molecule has 2 aliphatic heterocycles. The molecule has 1 fully saturated rings. The number of benzene rings is 2. The Morgan fingerprint density at radius 1 is 1.12 bits per heavy atom. The first-order chi connectivity index (χ1) is 19.4. The maximum Gasteiger partial charge on any atom is 0.254 e. The standard InChI is InChI=1S/C28H18Cl2FN7O2/c1-12-15-4-2-13(6-23(15)40-35-12)16-9-21(32-27(16)31)26-17-8-18(17)28-33-20(10-25(39)38(26)28)19-7-14(29)3-5-22(19)37-11-24(30)34-36-37/h2-7,10-11,17-18,26H,8-9H2,1H3. The van der Waals surface area contributed by atoms with Crippen LogP contribution in [0.5, 0.6) is 0 Å². The molecule has 1 aliphatic carbocycles. The number of hydrogen-bond acceptors (Lipinski definition) is 7. The second-order valence-electron chi connectivity index (χ2n) is 10.3. The van der Waals surface area contributed by atoms with Gasteiger partial charge in [-0.3, -0.25) is 9.36 Å². The van der Waals surface area contributed by atoms with E-state index in [2.05, 4.69) is 20.5 Å². The Morgan fingerprint density at radius 3 is 2.83 bits per heavy atom. The first-order valence-electron chi connectivity index (χ1n) is 12.7. The lowest BCUT2D eigenvalue weighted by atomic mass is 9.97. The van der Waals surface area contributed by atoms with Gasteiger partial charge in [-0.15, -0.1) is 5.10 Å². The van der Waals surface area contributed by atoms with Crippen LogP contribution in [0.15, 0.2) is 68.9 Å². The fourth-order valence-corrected chi connectivity index (χ4v) is 6.34. The third kappa shape index (κ3) is 3.52. The molecular formula is C28H18Cl2FN7O2. The molecule has 3 aliphatic rings. The molecule has 0 bridgehead atoms. The summed E-state index contributed by atoms with van der Waals surface area (Å²) in [6.45, 7) is 1.86. The van der Waals surface area contributed by atoms with Crippen molar-refractivity contribution in [3.63, 3.8) is 0 Å². The molecule has 12 heteroatoms. The lowest BCUT2D eigenvalue weighted by Crippen LogP contribution is -2.30. The predicted molar refractivity (Wildman–Crippen MR) is 148 cm³/mol. The number of aromatic nitrogens is 6. The summed E-state index contributed by atoms with van der Waals surface area (Å²) < 4.78 is 23.8. The summed E-state index contributed by atoms with van der Waals surface area (Å²) in [6.07, 6.45) is 2.73. The Hall–Kier alpha value is -4.15. The largest absolute Gasteiger partial charge is 0.356 e. The molecule has 3 unspecified atom stereocenters. The van der Waals surface area contributed by atoms with Crippen LogP contribution in [0, 0.1) is 12.8 Å². The minimum Gasteiger partial charge on any atom is -0.356 e. The second-order valence-corrected chi connectivity index (χ2v) is 11.2. The molecule has 0 amide bonds. The average Bonchev–Trinajstić information content (AvgIpc) is 3.21. The van der Waals surface area contributed by atoms with Gasteiger partial charge in [-0.1, -0.05) is 39.6 Å². The molecule has 2 aromatic carbocycles. The van der Waals surface area contributed by atoms with E-state index in [9.17, 15) is 4.79 Å². The summed E-state index contributed by atoms with van der Waals surface area (Å²) in [5, 5.41) is 13.5. The van der Waals surface area contributed by atoms with Gasteiger partial charge in [0.1, 0.15) is 5.82 Å². The Balaban J connectivity index is 1.16. The van der Waals surface area contributed by atoms with Crippen LogP contribution in [-0.4, -0.2) is 35.4 Å². The van der Waals surface area contributed by atoms with E-state index in [4.69, 9.17) is 32.7 Å². The highest BCUT2D eigenvalue weighted by atomic mass is 35.5. The van der Waals surface area contributed by atoms with Gasteiger partial charge in [-0.25, -0.2) is 14.7 Å². The van der Waals surface area contributed by atoms with Crippen LogP contribution in [0.2, 0.25) is 10.2 Å². The summed E-state index contributed by atoms with van der Waals surface area (Å²) in [7, 11) is 0. The van der Waals surface area contributed by atoms with Gasteiger partial charge < -0.3 is 4.52 Å². The second kappa shape index (κ2) is 8.42. The van der Waals surface area contributed by atoms with Crippen molar-refractivity contribution in [2.75, 3.05) is 0 Å². The average molecular weight is 574 g/mol.